The molecule has 0 atom stereocenters. The Morgan fingerprint density at radius 2 is 2.08 bits per heavy atom. The molecule has 1 heteroatoms. The van der Waals surface area contributed by atoms with Gasteiger partial charge in [0, 0.05) is 4.90 Å². The maximum atomic E-state index is 4.34. The number of hydrogen-bond acceptors (Lipinski definition) is 1. The summed E-state index contributed by atoms with van der Waals surface area (Å²) in [7, 11) is 0. The van der Waals surface area contributed by atoms with Crippen molar-refractivity contribution in [2.75, 3.05) is 0 Å². The third-order valence-electron chi connectivity index (χ3n) is 1.62. The number of hydrogen-bond donors (Lipinski definition) is 1. The van der Waals surface area contributed by atoms with Gasteiger partial charge in [0.2, 0.25) is 0 Å². The average Bonchev–Trinajstić information content (AvgIpc) is 2.05. The summed E-state index contributed by atoms with van der Waals surface area (Å²) >= 11 is 4.34. The largest absolute Gasteiger partial charge is 0.143 e. The molecule has 0 spiro atoms. The smallest absolute Gasteiger partial charge is 0.0118 e. The summed E-state index contributed by atoms with van der Waals surface area (Å²) < 4.78 is 0. The maximum Gasteiger partial charge on any atom is 0.0118 e. The van der Waals surface area contributed by atoms with Gasteiger partial charge in [0.25, 0.3) is 0 Å². The molecule has 1 aromatic rings. The Bertz CT molecular complexity index is 311. The van der Waals surface area contributed by atoms with E-state index in [-0.39, 0.29) is 0 Å². The predicted octanol–water partition coefficient (Wildman–Crippen LogP) is 3.56. The molecule has 0 bridgehead atoms. The van der Waals surface area contributed by atoms with Crippen LogP contribution in [0.25, 0.3) is 5.57 Å². The van der Waals surface area contributed by atoms with E-state index < -0.39 is 0 Å². The molecule has 0 heterocycles. The van der Waals surface area contributed by atoms with E-state index in [9.17, 15) is 0 Å². The molecular weight excluding hydrogens is 164 g/mol. The van der Waals surface area contributed by atoms with Crippen molar-refractivity contribution in [3.05, 3.63) is 48.6 Å². The SMILES string of the molecule is C=C(/C=C\C)c1ccccc1S. The number of allylic oxidation sites excluding steroid dienone is 3. The minimum atomic E-state index is 0.973. The van der Waals surface area contributed by atoms with Crippen molar-refractivity contribution in [2.24, 2.45) is 0 Å². The highest BCUT2D eigenvalue weighted by molar-refractivity contribution is 7.80. The van der Waals surface area contributed by atoms with Gasteiger partial charge in [-0.15, -0.1) is 12.6 Å². The van der Waals surface area contributed by atoms with Crippen LogP contribution in [0.3, 0.4) is 0 Å². The lowest BCUT2D eigenvalue weighted by atomic mass is 10.1. The summed E-state index contributed by atoms with van der Waals surface area (Å²) in [5.41, 5.74) is 2.10. The molecule has 1 rings (SSSR count). The first-order valence-electron chi connectivity index (χ1n) is 3.85. The Morgan fingerprint density at radius 1 is 1.42 bits per heavy atom. The van der Waals surface area contributed by atoms with Gasteiger partial charge in [-0.2, -0.15) is 0 Å². The molecule has 62 valence electrons. The first-order chi connectivity index (χ1) is 5.75. The van der Waals surface area contributed by atoms with E-state index in [1.807, 2.05) is 43.3 Å². The van der Waals surface area contributed by atoms with Crippen molar-refractivity contribution >= 4 is 18.2 Å². The normalized spacial score (nSPS) is 10.5. The van der Waals surface area contributed by atoms with Crippen LogP contribution in [0.1, 0.15) is 12.5 Å². The second-order valence-electron chi connectivity index (χ2n) is 2.54. The minimum Gasteiger partial charge on any atom is -0.143 e. The maximum absolute atomic E-state index is 4.34. The van der Waals surface area contributed by atoms with Gasteiger partial charge < -0.3 is 0 Å². The molecule has 0 aliphatic carbocycles. The van der Waals surface area contributed by atoms with Crippen molar-refractivity contribution in [1.82, 2.24) is 0 Å². The van der Waals surface area contributed by atoms with Gasteiger partial charge in [-0.25, -0.2) is 0 Å². The molecule has 0 aromatic heterocycles. The summed E-state index contributed by atoms with van der Waals surface area (Å²) in [5.74, 6) is 0. The predicted molar refractivity (Wildman–Crippen MR) is 57.5 cm³/mol. The Kier molecular flexibility index (Phi) is 3.18. The first-order valence-corrected chi connectivity index (χ1v) is 4.30. The zero-order valence-corrected chi connectivity index (χ0v) is 8.01. The van der Waals surface area contributed by atoms with Crippen molar-refractivity contribution in [2.45, 2.75) is 11.8 Å². The molecule has 0 aliphatic heterocycles. The third-order valence-corrected chi connectivity index (χ3v) is 2.01. The first kappa shape index (κ1) is 9.14. The van der Waals surface area contributed by atoms with E-state index in [2.05, 4.69) is 19.2 Å². The van der Waals surface area contributed by atoms with Crippen molar-refractivity contribution < 1.29 is 0 Å². The van der Waals surface area contributed by atoms with Gasteiger partial charge in [-0.05, 0) is 24.1 Å². The van der Waals surface area contributed by atoms with Gasteiger partial charge in [0.1, 0.15) is 0 Å². The van der Waals surface area contributed by atoms with Crippen LogP contribution in [-0.2, 0) is 0 Å². The number of thiol groups is 1. The topological polar surface area (TPSA) is 0 Å². The Hall–Kier alpha value is -0.950. The molecule has 0 nitrogen and oxygen atoms in total. The monoisotopic (exact) mass is 176 g/mol. The van der Waals surface area contributed by atoms with E-state index in [4.69, 9.17) is 0 Å². The summed E-state index contributed by atoms with van der Waals surface area (Å²) in [6.45, 7) is 5.92. The lowest BCUT2D eigenvalue weighted by Crippen LogP contribution is -1.80. The van der Waals surface area contributed by atoms with Gasteiger partial charge in [0.15, 0.2) is 0 Å². The van der Waals surface area contributed by atoms with E-state index in [0.717, 1.165) is 16.0 Å². The van der Waals surface area contributed by atoms with Crippen LogP contribution in [0.2, 0.25) is 0 Å². The number of rotatable bonds is 2. The standard InChI is InChI=1S/C11H12S/c1-3-6-9(2)10-7-4-5-8-11(10)12/h3-8,12H,2H2,1H3/b6-3-. The van der Waals surface area contributed by atoms with Gasteiger partial charge in [-0.3, -0.25) is 0 Å². The lowest BCUT2D eigenvalue weighted by Gasteiger charge is -2.02. The minimum absolute atomic E-state index is 0.973. The van der Waals surface area contributed by atoms with Crippen molar-refractivity contribution in [3.63, 3.8) is 0 Å². The lowest BCUT2D eigenvalue weighted by molar-refractivity contribution is 1.42. The fourth-order valence-corrected chi connectivity index (χ4v) is 1.34. The van der Waals surface area contributed by atoms with Crippen LogP contribution in [0.15, 0.2) is 47.9 Å². The molecular formula is C11H12S. The molecule has 0 radical (unpaired) electrons. The highest BCUT2D eigenvalue weighted by Gasteiger charge is 1.97. The molecule has 0 unspecified atom stereocenters. The highest BCUT2D eigenvalue weighted by atomic mass is 32.1. The van der Waals surface area contributed by atoms with Crippen LogP contribution in [-0.4, -0.2) is 0 Å². The second kappa shape index (κ2) is 4.17. The molecule has 12 heavy (non-hydrogen) atoms. The van der Waals surface area contributed by atoms with Crippen LogP contribution in [0.5, 0.6) is 0 Å². The Balaban J connectivity index is 3.03. The number of benzene rings is 1. The van der Waals surface area contributed by atoms with Crippen LogP contribution in [0.4, 0.5) is 0 Å². The fourth-order valence-electron chi connectivity index (χ4n) is 1.04. The van der Waals surface area contributed by atoms with Gasteiger partial charge in [-0.1, -0.05) is 36.9 Å². The van der Waals surface area contributed by atoms with Crippen molar-refractivity contribution in [3.8, 4) is 0 Å². The zero-order chi connectivity index (χ0) is 8.97. The van der Waals surface area contributed by atoms with E-state index in [0.29, 0.717) is 0 Å². The van der Waals surface area contributed by atoms with E-state index in [1.165, 1.54) is 0 Å². The molecule has 0 saturated heterocycles. The van der Waals surface area contributed by atoms with Gasteiger partial charge in [0.05, 0.1) is 0 Å². The quantitative estimate of drug-likeness (QED) is 0.517. The summed E-state index contributed by atoms with van der Waals surface area (Å²) in [6, 6.07) is 7.94. The van der Waals surface area contributed by atoms with Gasteiger partial charge >= 0.3 is 0 Å². The molecule has 0 amide bonds. The molecule has 0 fully saturated rings. The van der Waals surface area contributed by atoms with Crippen molar-refractivity contribution in [1.29, 1.82) is 0 Å². The third kappa shape index (κ3) is 2.02. The second-order valence-corrected chi connectivity index (χ2v) is 3.02. The fraction of sp³-hybridized carbons (Fsp3) is 0.0909. The summed E-state index contributed by atoms with van der Waals surface area (Å²) in [6.07, 6.45) is 3.96. The van der Waals surface area contributed by atoms with E-state index in [1.54, 1.807) is 0 Å². The van der Waals surface area contributed by atoms with Crippen LogP contribution < -0.4 is 0 Å². The Labute approximate surface area is 79.0 Å². The Morgan fingerprint density at radius 3 is 2.67 bits per heavy atom. The molecule has 0 saturated carbocycles. The van der Waals surface area contributed by atoms with E-state index >= 15 is 0 Å². The van der Waals surface area contributed by atoms with Crippen LogP contribution >= 0.6 is 12.6 Å². The average molecular weight is 176 g/mol. The molecule has 0 aliphatic rings. The van der Waals surface area contributed by atoms with Crippen LogP contribution in [0, 0.1) is 0 Å². The summed E-state index contributed by atoms with van der Waals surface area (Å²) in [4.78, 5) is 0.973. The summed E-state index contributed by atoms with van der Waals surface area (Å²) in [5, 5.41) is 0. The highest BCUT2D eigenvalue weighted by Crippen LogP contribution is 2.21. The molecule has 0 N–H and O–H groups in total. The zero-order valence-electron chi connectivity index (χ0n) is 7.12. The molecule has 1 aromatic carbocycles.